The van der Waals surface area contributed by atoms with Crippen LogP contribution in [0.1, 0.15) is 56.1 Å². The van der Waals surface area contributed by atoms with Crippen molar-refractivity contribution in [3.05, 3.63) is 56.5 Å². The Balaban J connectivity index is 1.11. The first-order valence-corrected chi connectivity index (χ1v) is 17.8. The Labute approximate surface area is 281 Å². The van der Waals surface area contributed by atoms with Crippen molar-refractivity contribution in [1.82, 2.24) is 25.3 Å². The molecule has 45 heavy (non-hydrogen) atoms. The molecule has 0 radical (unpaired) electrons. The zero-order valence-corrected chi connectivity index (χ0v) is 28.7. The molecule has 10 nitrogen and oxygen atoms in total. The van der Waals surface area contributed by atoms with Crippen LogP contribution in [-0.2, 0) is 17.8 Å². The summed E-state index contributed by atoms with van der Waals surface area (Å²) >= 11 is 6.80. The van der Waals surface area contributed by atoms with Crippen molar-refractivity contribution in [3.63, 3.8) is 0 Å². The molecule has 0 bridgehead atoms. The first kappa shape index (κ1) is 32.1. The molecule has 1 saturated carbocycles. The maximum atomic E-state index is 14.0. The van der Waals surface area contributed by atoms with E-state index < -0.39 is 6.04 Å². The van der Waals surface area contributed by atoms with Gasteiger partial charge in [0.05, 0.1) is 14.6 Å². The number of amides is 5. The van der Waals surface area contributed by atoms with Crippen LogP contribution in [0.2, 0.25) is 0 Å². The Morgan fingerprint density at radius 3 is 2.24 bits per heavy atom. The average Bonchev–Trinajstić information content (AvgIpc) is 3.07. The molecule has 1 aliphatic carbocycles. The molecule has 2 aromatic carbocycles. The molecule has 5 amide bonds. The van der Waals surface area contributed by atoms with Crippen LogP contribution >= 0.6 is 31.9 Å². The van der Waals surface area contributed by atoms with E-state index in [1.54, 1.807) is 17.0 Å². The molecule has 2 saturated heterocycles. The molecule has 12 heteroatoms. The van der Waals surface area contributed by atoms with Crippen LogP contribution in [0.3, 0.4) is 0 Å². The number of para-hydroxylation sites is 1. The predicted octanol–water partition coefficient (Wildman–Crippen LogP) is 5.21. The largest absolute Gasteiger partial charge is 0.506 e. The molecule has 3 fully saturated rings. The summed E-state index contributed by atoms with van der Waals surface area (Å²) in [6.45, 7) is 4.50. The number of aromatic hydroxyl groups is 1. The number of piperidine rings is 1. The highest BCUT2D eigenvalue weighted by Crippen LogP contribution is 2.34. The Bertz CT molecular complexity index is 1380. The van der Waals surface area contributed by atoms with Crippen molar-refractivity contribution in [1.29, 1.82) is 0 Å². The molecule has 3 N–H and O–H groups in total. The zero-order chi connectivity index (χ0) is 31.5. The van der Waals surface area contributed by atoms with Crippen LogP contribution in [0.25, 0.3) is 0 Å². The van der Waals surface area contributed by atoms with E-state index in [4.69, 9.17) is 0 Å². The van der Waals surface area contributed by atoms with Gasteiger partial charge in [-0.25, -0.2) is 9.59 Å². The number of anilines is 1. The van der Waals surface area contributed by atoms with E-state index in [9.17, 15) is 19.5 Å². The summed E-state index contributed by atoms with van der Waals surface area (Å²) in [5.74, 6) is 0.0147. The quantitative estimate of drug-likeness (QED) is 0.377. The predicted molar refractivity (Wildman–Crippen MR) is 180 cm³/mol. The minimum atomic E-state index is -0.750. The molecule has 0 aromatic heterocycles. The minimum Gasteiger partial charge on any atom is -0.506 e. The maximum Gasteiger partial charge on any atom is 0.322 e. The normalized spacial score (nSPS) is 20.8. The highest BCUT2D eigenvalue weighted by Gasteiger charge is 2.36. The molecule has 4 aliphatic rings. The van der Waals surface area contributed by atoms with Crippen LogP contribution in [0, 0.1) is 0 Å². The number of benzene rings is 2. The van der Waals surface area contributed by atoms with Gasteiger partial charge in [-0.15, -0.1) is 0 Å². The van der Waals surface area contributed by atoms with Gasteiger partial charge >= 0.3 is 12.1 Å². The fourth-order valence-corrected chi connectivity index (χ4v) is 8.62. The van der Waals surface area contributed by atoms with Crippen LogP contribution < -0.4 is 15.5 Å². The Morgan fingerprint density at radius 1 is 0.889 bits per heavy atom. The maximum absolute atomic E-state index is 14.0. The van der Waals surface area contributed by atoms with E-state index in [0.29, 0.717) is 67.0 Å². The third kappa shape index (κ3) is 7.28. The van der Waals surface area contributed by atoms with Crippen molar-refractivity contribution >= 4 is 55.5 Å². The SMILES string of the molecule is O=C(N[C@H](Cc1cc(Br)c(O)c(Br)c1)C(=O)N1CCN(C2CCCCC2)CC1)N1CCC(N2C(=O)NCc3ccccc32)CC1. The van der Waals surface area contributed by atoms with Crippen LogP contribution in [-0.4, -0.2) is 95.2 Å². The minimum absolute atomic E-state index is 0.0138. The Kier molecular flexibility index (Phi) is 10.2. The molecule has 1 atom stereocenters. The van der Waals surface area contributed by atoms with E-state index >= 15 is 0 Å². The number of carbonyl (C=O) groups is 3. The van der Waals surface area contributed by atoms with Crippen LogP contribution in [0.4, 0.5) is 15.3 Å². The van der Waals surface area contributed by atoms with Crippen LogP contribution in [0.5, 0.6) is 5.75 Å². The molecular formula is C33H42Br2N6O4. The first-order valence-electron chi connectivity index (χ1n) is 16.2. The highest BCUT2D eigenvalue weighted by molar-refractivity contribution is 9.11. The van der Waals surface area contributed by atoms with Gasteiger partial charge in [-0.05, 0) is 86.9 Å². The zero-order valence-electron chi connectivity index (χ0n) is 25.5. The third-order valence-corrected chi connectivity index (χ3v) is 11.1. The number of carbonyl (C=O) groups excluding carboxylic acids is 3. The van der Waals surface area contributed by atoms with E-state index in [1.807, 2.05) is 34.1 Å². The standard InChI is InChI=1S/C33H42Br2N6O4/c34-26-18-22(19-27(35)30(26)42)20-28(31(43)39-16-14-38(15-17-39)24-7-2-1-3-8-24)37-33(45)40-12-10-25(11-13-40)41-29-9-5-4-6-23(29)21-36-32(41)44/h4-6,9,18-19,24-25,28,42H,1-3,7-8,10-17,20-21H2,(H,36,44)(H,37,45)/t28-/m1/s1. The van der Waals surface area contributed by atoms with E-state index in [2.05, 4.69) is 47.4 Å². The number of fused-ring (bicyclic) bond motifs is 1. The number of likely N-dealkylation sites (tertiary alicyclic amines) is 1. The lowest BCUT2D eigenvalue weighted by Gasteiger charge is -2.42. The molecule has 6 rings (SSSR count). The molecule has 3 aliphatic heterocycles. The van der Waals surface area contributed by atoms with Crippen molar-refractivity contribution in [2.45, 2.75) is 76.0 Å². The van der Waals surface area contributed by atoms with Crippen molar-refractivity contribution < 1.29 is 19.5 Å². The van der Waals surface area contributed by atoms with Gasteiger partial charge in [-0.1, -0.05) is 37.5 Å². The molecule has 2 aromatic rings. The molecule has 3 heterocycles. The fourth-order valence-electron chi connectivity index (χ4n) is 7.34. The number of phenols is 1. The van der Waals surface area contributed by atoms with Gasteiger partial charge in [0, 0.05) is 64.3 Å². The summed E-state index contributed by atoms with van der Waals surface area (Å²) in [6.07, 6.45) is 7.96. The van der Waals surface area contributed by atoms with E-state index in [1.165, 1.54) is 32.1 Å². The second-order valence-corrected chi connectivity index (χ2v) is 14.4. The van der Waals surface area contributed by atoms with Crippen molar-refractivity contribution in [3.8, 4) is 5.75 Å². The number of urea groups is 2. The fraction of sp³-hybridized carbons (Fsp3) is 0.545. The van der Waals surface area contributed by atoms with Gasteiger partial charge < -0.3 is 25.5 Å². The smallest absolute Gasteiger partial charge is 0.322 e. The van der Waals surface area contributed by atoms with E-state index in [-0.39, 0.29) is 29.8 Å². The summed E-state index contributed by atoms with van der Waals surface area (Å²) < 4.78 is 1.05. The molecule has 242 valence electrons. The number of hydrogen-bond donors (Lipinski definition) is 3. The summed E-state index contributed by atoms with van der Waals surface area (Å²) in [7, 11) is 0. The number of phenolic OH excluding ortho intramolecular Hbond substituents is 1. The Morgan fingerprint density at radius 2 is 1.56 bits per heavy atom. The van der Waals surface area contributed by atoms with E-state index in [0.717, 1.165) is 29.9 Å². The average molecular weight is 747 g/mol. The summed E-state index contributed by atoms with van der Waals surface area (Å²) in [4.78, 5) is 48.5. The second-order valence-electron chi connectivity index (χ2n) is 12.6. The monoisotopic (exact) mass is 744 g/mol. The van der Waals surface area contributed by atoms with Crippen molar-refractivity contribution in [2.75, 3.05) is 44.2 Å². The number of hydrogen-bond acceptors (Lipinski definition) is 5. The highest BCUT2D eigenvalue weighted by atomic mass is 79.9. The molecule has 0 spiro atoms. The van der Waals surface area contributed by atoms with Gasteiger partial charge in [-0.3, -0.25) is 14.6 Å². The van der Waals surface area contributed by atoms with Gasteiger partial charge in [0.2, 0.25) is 5.91 Å². The molecular weight excluding hydrogens is 704 g/mol. The van der Waals surface area contributed by atoms with Crippen molar-refractivity contribution in [2.24, 2.45) is 0 Å². The summed E-state index contributed by atoms with van der Waals surface area (Å²) in [5, 5.41) is 16.3. The van der Waals surface area contributed by atoms with Gasteiger partial charge in [0.1, 0.15) is 11.8 Å². The lowest BCUT2D eigenvalue weighted by molar-refractivity contribution is -0.135. The second kappa shape index (κ2) is 14.3. The lowest BCUT2D eigenvalue weighted by Crippen LogP contribution is -2.59. The molecule has 0 unspecified atom stereocenters. The topological polar surface area (TPSA) is 108 Å². The summed E-state index contributed by atoms with van der Waals surface area (Å²) in [5.41, 5.74) is 2.84. The van der Waals surface area contributed by atoms with Gasteiger partial charge in [0.25, 0.3) is 0 Å². The van der Waals surface area contributed by atoms with Gasteiger partial charge in [-0.2, -0.15) is 0 Å². The van der Waals surface area contributed by atoms with Gasteiger partial charge in [0.15, 0.2) is 0 Å². The third-order valence-electron chi connectivity index (χ3n) is 9.85. The number of nitrogens with zero attached hydrogens (tertiary/aromatic N) is 4. The lowest BCUT2D eigenvalue weighted by atomic mass is 9.93. The number of halogens is 2. The number of nitrogens with one attached hydrogen (secondary N) is 2. The Hall–Kier alpha value is -2.83. The number of piperazine rings is 1. The summed E-state index contributed by atoms with van der Waals surface area (Å²) in [6, 6.07) is 11.0. The number of rotatable bonds is 6. The van der Waals surface area contributed by atoms with Crippen LogP contribution in [0.15, 0.2) is 45.3 Å². The first-order chi connectivity index (χ1) is 21.8.